The second kappa shape index (κ2) is 5.65. The summed E-state index contributed by atoms with van der Waals surface area (Å²) in [5.41, 5.74) is 0.524. The van der Waals surface area contributed by atoms with Crippen molar-refractivity contribution in [2.75, 3.05) is 11.4 Å². The highest BCUT2D eigenvalue weighted by molar-refractivity contribution is 7.89. The van der Waals surface area contributed by atoms with Crippen LogP contribution in [0.25, 0.3) is 0 Å². The number of anilines is 1. The van der Waals surface area contributed by atoms with Crippen molar-refractivity contribution >= 4 is 21.7 Å². The van der Waals surface area contributed by atoms with E-state index in [0.29, 0.717) is 11.6 Å². The number of piperidine rings is 1. The molecule has 1 aromatic carbocycles. The highest BCUT2D eigenvalue weighted by Gasteiger charge is 2.27. The first-order chi connectivity index (χ1) is 9.70. The minimum atomic E-state index is -3.91. The number of benzene rings is 1. The zero-order valence-electron chi connectivity index (χ0n) is 12.1. The van der Waals surface area contributed by atoms with E-state index >= 15 is 0 Å². The van der Waals surface area contributed by atoms with Crippen molar-refractivity contribution < 1.29 is 18.3 Å². The molecule has 0 aliphatic carbocycles. The second-order valence-electron chi connectivity index (χ2n) is 5.71. The topological polar surface area (TPSA) is 101 Å². The molecular weight excluding hydrogens is 292 g/mol. The first-order valence-corrected chi connectivity index (χ1v) is 8.41. The molecule has 21 heavy (non-hydrogen) atoms. The van der Waals surface area contributed by atoms with E-state index in [2.05, 4.69) is 6.92 Å². The van der Waals surface area contributed by atoms with Gasteiger partial charge in [-0.2, -0.15) is 0 Å². The SMILES string of the molecule is CC1CCC(C)N(c2ccc(S(N)(=O)=O)cc2C(=O)O)C1. The molecule has 2 atom stereocenters. The summed E-state index contributed by atoms with van der Waals surface area (Å²) in [5, 5.41) is 14.4. The fourth-order valence-corrected chi connectivity index (χ4v) is 3.28. The average Bonchev–Trinajstić information content (AvgIpc) is 2.40. The van der Waals surface area contributed by atoms with Gasteiger partial charge >= 0.3 is 5.97 Å². The number of aromatic carboxylic acids is 1. The van der Waals surface area contributed by atoms with Gasteiger partial charge in [-0.25, -0.2) is 18.4 Å². The smallest absolute Gasteiger partial charge is 0.337 e. The number of hydrogen-bond acceptors (Lipinski definition) is 4. The molecule has 1 heterocycles. The van der Waals surface area contributed by atoms with Crippen LogP contribution in [0.1, 0.15) is 37.0 Å². The Balaban J connectivity index is 2.50. The molecule has 1 saturated heterocycles. The molecule has 7 heteroatoms. The summed E-state index contributed by atoms with van der Waals surface area (Å²) < 4.78 is 22.8. The van der Waals surface area contributed by atoms with Crippen LogP contribution >= 0.6 is 0 Å². The number of primary sulfonamides is 1. The Morgan fingerprint density at radius 2 is 2.00 bits per heavy atom. The van der Waals surface area contributed by atoms with Crippen molar-refractivity contribution in [2.24, 2.45) is 11.1 Å². The maximum atomic E-state index is 11.5. The zero-order valence-corrected chi connectivity index (χ0v) is 12.9. The van der Waals surface area contributed by atoms with Crippen LogP contribution in [0, 0.1) is 5.92 Å². The lowest BCUT2D eigenvalue weighted by atomic mass is 9.94. The van der Waals surface area contributed by atoms with Gasteiger partial charge in [0.15, 0.2) is 0 Å². The van der Waals surface area contributed by atoms with Gasteiger partial charge < -0.3 is 10.0 Å². The third kappa shape index (κ3) is 3.36. The van der Waals surface area contributed by atoms with Gasteiger partial charge in [-0.15, -0.1) is 0 Å². The quantitative estimate of drug-likeness (QED) is 0.884. The monoisotopic (exact) mass is 312 g/mol. The molecule has 3 N–H and O–H groups in total. The summed E-state index contributed by atoms with van der Waals surface area (Å²) in [4.78, 5) is 13.3. The zero-order chi connectivity index (χ0) is 15.8. The number of hydrogen-bond donors (Lipinski definition) is 2. The molecule has 0 amide bonds. The molecule has 2 rings (SSSR count). The molecule has 1 aliphatic rings. The highest BCUT2D eigenvalue weighted by atomic mass is 32.2. The Hall–Kier alpha value is -1.60. The molecule has 1 aliphatic heterocycles. The molecule has 116 valence electrons. The molecular formula is C14H20N2O4S. The fraction of sp³-hybridized carbons (Fsp3) is 0.500. The predicted octanol–water partition coefficient (Wildman–Crippen LogP) is 1.66. The first-order valence-electron chi connectivity index (χ1n) is 6.87. The summed E-state index contributed by atoms with van der Waals surface area (Å²) in [6, 6.07) is 4.26. The second-order valence-corrected chi connectivity index (χ2v) is 7.27. The summed E-state index contributed by atoms with van der Waals surface area (Å²) in [7, 11) is -3.91. The number of carbonyl (C=O) groups is 1. The lowest BCUT2D eigenvalue weighted by molar-refractivity contribution is 0.0697. The van der Waals surface area contributed by atoms with Crippen molar-refractivity contribution in [3.63, 3.8) is 0 Å². The van der Waals surface area contributed by atoms with E-state index in [-0.39, 0.29) is 16.5 Å². The van der Waals surface area contributed by atoms with E-state index in [1.165, 1.54) is 12.1 Å². The van der Waals surface area contributed by atoms with Crippen LogP contribution in [0.15, 0.2) is 23.1 Å². The molecule has 0 spiro atoms. The summed E-state index contributed by atoms with van der Waals surface area (Å²) in [6.45, 7) is 4.93. The lowest BCUT2D eigenvalue weighted by Crippen LogP contribution is -2.41. The third-order valence-electron chi connectivity index (χ3n) is 3.95. The Bertz CT molecular complexity index is 657. The number of carboxylic acids is 1. The number of rotatable bonds is 3. The van der Waals surface area contributed by atoms with Crippen LogP contribution in [0.5, 0.6) is 0 Å². The van der Waals surface area contributed by atoms with E-state index in [1.807, 2.05) is 11.8 Å². The molecule has 1 fully saturated rings. The fourth-order valence-electron chi connectivity index (χ4n) is 2.74. The first kappa shape index (κ1) is 15.8. The number of nitrogens with zero attached hydrogens (tertiary/aromatic N) is 1. The molecule has 0 saturated carbocycles. The average molecular weight is 312 g/mol. The van der Waals surface area contributed by atoms with Gasteiger partial charge in [0.1, 0.15) is 0 Å². The van der Waals surface area contributed by atoms with Crippen LogP contribution in [0.4, 0.5) is 5.69 Å². The van der Waals surface area contributed by atoms with E-state index in [0.717, 1.165) is 25.5 Å². The third-order valence-corrected chi connectivity index (χ3v) is 4.87. The van der Waals surface area contributed by atoms with Crippen LogP contribution in [0.3, 0.4) is 0 Å². The van der Waals surface area contributed by atoms with Crippen molar-refractivity contribution in [2.45, 2.75) is 37.6 Å². The Kier molecular flexibility index (Phi) is 4.25. The minimum Gasteiger partial charge on any atom is -0.478 e. The molecule has 2 unspecified atom stereocenters. The Morgan fingerprint density at radius 1 is 1.33 bits per heavy atom. The van der Waals surface area contributed by atoms with Gasteiger partial charge in [0.25, 0.3) is 0 Å². The number of carboxylic acid groups (broad SMARTS) is 1. The van der Waals surface area contributed by atoms with E-state index in [9.17, 15) is 18.3 Å². The van der Waals surface area contributed by atoms with Crippen LogP contribution in [0.2, 0.25) is 0 Å². The van der Waals surface area contributed by atoms with Gasteiger partial charge in [-0.3, -0.25) is 0 Å². The molecule has 6 nitrogen and oxygen atoms in total. The van der Waals surface area contributed by atoms with Gasteiger partial charge in [0, 0.05) is 12.6 Å². The standard InChI is InChI=1S/C14H20N2O4S/c1-9-3-4-10(2)16(8-9)13-6-5-11(21(15,19)20)7-12(13)14(17)18/h5-7,9-10H,3-4,8H2,1-2H3,(H,17,18)(H2,15,19,20). The normalized spacial score (nSPS) is 23.1. The molecule has 0 bridgehead atoms. The minimum absolute atomic E-state index is 0.0255. The van der Waals surface area contributed by atoms with Gasteiger partial charge in [0.2, 0.25) is 10.0 Å². The van der Waals surface area contributed by atoms with E-state index in [1.54, 1.807) is 0 Å². The molecule has 0 radical (unpaired) electrons. The van der Waals surface area contributed by atoms with Crippen LogP contribution in [-0.4, -0.2) is 32.1 Å². The predicted molar refractivity (Wildman–Crippen MR) is 80.0 cm³/mol. The van der Waals surface area contributed by atoms with E-state index in [4.69, 9.17) is 5.14 Å². The number of sulfonamides is 1. The van der Waals surface area contributed by atoms with Gasteiger partial charge in [0.05, 0.1) is 16.1 Å². The van der Waals surface area contributed by atoms with E-state index < -0.39 is 16.0 Å². The number of nitrogens with two attached hydrogens (primary N) is 1. The molecule has 1 aromatic rings. The summed E-state index contributed by atoms with van der Waals surface area (Å²) in [6.07, 6.45) is 2.09. The Labute approximate surface area is 124 Å². The summed E-state index contributed by atoms with van der Waals surface area (Å²) >= 11 is 0. The largest absolute Gasteiger partial charge is 0.478 e. The van der Waals surface area contributed by atoms with Gasteiger partial charge in [-0.1, -0.05) is 6.92 Å². The van der Waals surface area contributed by atoms with Crippen LogP contribution in [-0.2, 0) is 10.0 Å². The maximum Gasteiger partial charge on any atom is 0.337 e. The highest BCUT2D eigenvalue weighted by Crippen LogP contribution is 2.31. The maximum absolute atomic E-state index is 11.5. The lowest BCUT2D eigenvalue weighted by Gasteiger charge is -2.39. The summed E-state index contributed by atoms with van der Waals surface area (Å²) in [5.74, 6) is -0.679. The van der Waals surface area contributed by atoms with Crippen molar-refractivity contribution in [3.8, 4) is 0 Å². The van der Waals surface area contributed by atoms with Crippen molar-refractivity contribution in [1.82, 2.24) is 0 Å². The van der Waals surface area contributed by atoms with Crippen LogP contribution < -0.4 is 10.0 Å². The Morgan fingerprint density at radius 3 is 2.57 bits per heavy atom. The van der Waals surface area contributed by atoms with Gasteiger partial charge in [-0.05, 0) is 43.9 Å². The molecule has 0 aromatic heterocycles. The van der Waals surface area contributed by atoms with Crippen molar-refractivity contribution in [1.29, 1.82) is 0 Å². The van der Waals surface area contributed by atoms with Crippen molar-refractivity contribution in [3.05, 3.63) is 23.8 Å².